The van der Waals surface area contributed by atoms with Gasteiger partial charge in [-0.25, -0.2) is 0 Å². The van der Waals surface area contributed by atoms with Crippen molar-refractivity contribution in [2.24, 2.45) is 5.10 Å². The maximum atomic E-state index is 8.49. The standard InChI is InChI=1S/C13H18BrN5S/c1-10-7-11(14)8-16-12(10)5-3-4-6-18-19-13(20-2)17-9-15/h7-8,18H,3-6H2,1-2H3,(H,17,19). The van der Waals surface area contributed by atoms with Crippen molar-refractivity contribution >= 4 is 32.9 Å². The number of nitrogens with one attached hydrogen (secondary N) is 2. The summed E-state index contributed by atoms with van der Waals surface area (Å²) in [6, 6.07) is 2.09. The van der Waals surface area contributed by atoms with Gasteiger partial charge in [0, 0.05) is 22.9 Å². The van der Waals surface area contributed by atoms with E-state index in [-0.39, 0.29) is 0 Å². The van der Waals surface area contributed by atoms with Crippen LogP contribution in [0.2, 0.25) is 0 Å². The van der Waals surface area contributed by atoms with Crippen LogP contribution < -0.4 is 10.7 Å². The Labute approximate surface area is 132 Å². The number of hydrogen-bond donors (Lipinski definition) is 2. The highest BCUT2D eigenvalue weighted by Gasteiger charge is 2.00. The van der Waals surface area contributed by atoms with E-state index in [1.807, 2.05) is 18.6 Å². The molecule has 0 aliphatic rings. The van der Waals surface area contributed by atoms with Crippen molar-refractivity contribution in [3.8, 4) is 6.19 Å². The first kappa shape index (κ1) is 16.8. The van der Waals surface area contributed by atoms with E-state index >= 15 is 0 Å². The average molecular weight is 356 g/mol. The zero-order chi connectivity index (χ0) is 14.8. The van der Waals surface area contributed by atoms with Gasteiger partial charge in [0.2, 0.25) is 0 Å². The van der Waals surface area contributed by atoms with E-state index in [0.717, 1.165) is 36.0 Å². The van der Waals surface area contributed by atoms with Crippen LogP contribution in [-0.4, -0.2) is 23.0 Å². The van der Waals surface area contributed by atoms with Gasteiger partial charge in [0.15, 0.2) is 11.4 Å². The molecule has 0 atom stereocenters. The number of halogens is 1. The van der Waals surface area contributed by atoms with Gasteiger partial charge in [0.25, 0.3) is 0 Å². The molecule has 2 N–H and O–H groups in total. The Kier molecular flexibility index (Phi) is 8.07. The van der Waals surface area contributed by atoms with Crippen molar-refractivity contribution < 1.29 is 0 Å². The Morgan fingerprint density at radius 1 is 1.55 bits per heavy atom. The quantitative estimate of drug-likeness (QED) is 0.205. The second-order valence-electron chi connectivity index (χ2n) is 4.14. The van der Waals surface area contributed by atoms with Crippen molar-refractivity contribution in [2.45, 2.75) is 26.2 Å². The molecule has 0 aliphatic heterocycles. The van der Waals surface area contributed by atoms with Crippen molar-refractivity contribution in [1.29, 1.82) is 5.26 Å². The molecule has 1 heterocycles. The van der Waals surface area contributed by atoms with Crippen molar-refractivity contribution in [3.63, 3.8) is 0 Å². The number of hydrazone groups is 1. The molecule has 0 unspecified atom stereocenters. The molecular weight excluding hydrogens is 338 g/mol. The zero-order valence-electron chi connectivity index (χ0n) is 11.6. The molecule has 20 heavy (non-hydrogen) atoms. The second-order valence-corrected chi connectivity index (χ2v) is 5.85. The van der Waals surface area contributed by atoms with Crippen LogP contribution in [0.1, 0.15) is 24.1 Å². The van der Waals surface area contributed by atoms with E-state index in [2.05, 4.69) is 49.7 Å². The number of hydrogen-bond acceptors (Lipinski definition) is 5. The van der Waals surface area contributed by atoms with Crippen molar-refractivity contribution in [3.05, 3.63) is 28.0 Å². The SMILES string of the molecule is CSC(=NNCCCCc1ncc(Br)cc1C)NC#N. The van der Waals surface area contributed by atoms with Crippen LogP contribution in [0.3, 0.4) is 0 Å². The number of rotatable bonds is 6. The number of thioether (sulfide) groups is 1. The van der Waals surface area contributed by atoms with Crippen molar-refractivity contribution in [1.82, 2.24) is 15.7 Å². The van der Waals surface area contributed by atoms with Gasteiger partial charge in [-0.2, -0.15) is 10.4 Å². The summed E-state index contributed by atoms with van der Waals surface area (Å²) in [6.45, 7) is 2.86. The number of aryl methyl sites for hydroxylation is 2. The third kappa shape index (κ3) is 6.26. The van der Waals surface area contributed by atoms with Crippen LogP contribution in [0.4, 0.5) is 0 Å². The predicted octanol–water partition coefficient (Wildman–Crippen LogP) is 2.77. The first-order chi connectivity index (χ1) is 9.67. The van der Waals surface area contributed by atoms with Crippen LogP contribution in [0.25, 0.3) is 0 Å². The zero-order valence-corrected chi connectivity index (χ0v) is 14.0. The lowest BCUT2D eigenvalue weighted by molar-refractivity contribution is 0.641. The van der Waals surface area contributed by atoms with Crippen LogP contribution >= 0.6 is 27.7 Å². The molecule has 1 aromatic heterocycles. The Morgan fingerprint density at radius 2 is 2.35 bits per heavy atom. The molecule has 0 fully saturated rings. The lowest BCUT2D eigenvalue weighted by Gasteiger charge is -2.06. The maximum absolute atomic E-state index is 8.49. The molecule has 1 rings (SSSR count). The minimum absolute atomic E-state index is 0.581. The highest BCUT2D eigenvalue weighted by atomic mass is 79.9. The smallest absolute Gasteiger partial charge is 0.193 e. The molecule has 0 saturated carbocycles. The minimum Gasteiger partial charge on any atom is -0.308 e. The number of unbranched alkanes of at least 4 members (excludes halogenated alkanes) is 1. The maximum Gasteiger partial charge on any atom is 0.193 e. The highest BCUT2D eigenvalue weighted by molar-refractivity contribution is 9.10. The highest BCUT2D eigenvalue weighted by Crippen LogP contribution is 2.14. The molecule has 1 aromatic rings. The number of nitriles is 1. The average Bonchev–Trinajstić information content (AvgIpc) is 2.43. The molecule has 5 nitrogen and oxygen atoms in total. The summed E-state index contributed by atoms with van der Waals surface area (Å²) in [5.41, 5.74) is 5.32. The van der Waals surface area contributed by atoms with Gasteiger partial charge < -0.3 is 5.43 Å². The fourth-order valence-electron chi connectivity index (χ4n) is 1.63. The molecule has 0 aromatic carbocycles. The van der Waals surface area contributed by atoms with Crippen LogP contribution in [0.15, 0.2) is 21.8 Å². The van der Waals surface area contributed by atoms with Gasteiger partial charge in [0.1, 0.15) is 0 Å². The Morgan fingerprint density at radius 3 is 3.00 bits per heavy atom. The molecule has 0 spiro atoms. The molecule has 0 radical (unpaired) electrons. The fraction of sp³-hybridized carbons (Fsp3) is 0.462. The van der Waals surface area contributed by atoms with Crippen LogP contribution in [0.5, 0.6) is 0 Å². The molecule has 108 valence electrons. The van der Waals surface area contributed by atoms with E-state index < -0.39 is 0 Å². The van der Waals surface area contributed by atoms with E-state index in [9.17, 15) is 0 Å². The molecular formula is C13H18BrN5S. The van der Waals surface area contributed by atoms with E-state index in [1.165, 1.54) is 17.3 Å². The number of aromatic nitrogens is 1. The van der Waals surface area contributed by atoms with Crippen LogP contribution in [0, 0.1) is 18.4 Å². The number of nitrogens with zero attached hydrogens (tertiary/aromatic N) is 3. The number of pyridine rings is 1. The molecule has 0 bridgehead atoms. The van der Waals surface area contributed by atoms with Gasteiger partial charge in [-0.3, -0.25) is 10.3 Å². The van der Waals surface area contributed by atoms with Crippen LogP contribution in [-0.2, 0) is 6.42 Å². The van der Waals surface area contributed by atoms with Gasteiger partial charge in [-0.1, -0.05) is 11.8 Å². The predicted molar refractivity (Wildman–Crippen MR) is 87.3 cm³/mol. The first-order valence-corrected chi connectivity index (χ1v) is 8.29. The summed E-state index contributed by atoms with van der Waals surface area (Å²) < 4.78 is 1.02. The molecule has 7 heteroatoms. The summed E-state index contributed by atoms with van der Waals surface area (Å²) in [5, 5.41) is 15.7. The largest absolute Gasteiger partial charge is 0.308 e. The Balaban J connectivity index is 2.24. The topological polar surface area (TPSA) is 73.1 Å². The summed E-state index contributed by atoms with van der Waals surface area (Å²) in [6.07, 6.45) is 8.58. The van der Waals surface area contributed by atoms with Crippen molar-refractivity contribution in [2.75, 3.05) is 12.8 Å². The second kappa shape index (κ2) is 9.61. The van der Waals surface area contributed by atoms with Gasteiger partial charge in [-0.15, -0.1) is 0 Å². The third-order valence-corrected chi connectivity index (χ3v) is 3.66. The lowest BCUT2D eigenvalue weighted by atomic mass is 10.1. The summed E-state index contributed by atoms with van der Waals surface area (Å²) in [5.74, 6) is 0. The van der Waals surface area contributed by atoms with E-state index in [1.54, 1.807) is 0 Å². The number of amidine groups is 1. The summed E-state index contributed by atoms with van der Waals surface area (Å²) >= 11 is 4.81. The Bertz CT molecular complexity index is 498. The first-order valence-electron chi connectivity index (χ1n) is 6.28. The molecule has 0 saturated heterocycles. The van der Waals surface area contributed by atoms with Gasteiger partial charge in [0.05, 0.1) is 0 Å². The normalized spacial score (nSPS) is 11.0. The summed E-state index contributed by atoms with van der Waals surface area (Å²) in [4.78, 5) is 4.42. The lowest BCUT2D eigenvalue weighted by Crippen LogP contribution is -2.19. The van der Waals surface area contributed by atoms with E-state index in [0.29, 0.717) is 5.17 Å². The van der Waals surface area contributed by atoms with E-state index in [4.69, 9.17) is 5.26 Å². The Hall–Kier alpha value is -1.26. The molecule has 0 amide bonds. The minimum atomic E-state index is 0.581. The fourth-order valence-corrected chi connectivity index (χ4v) is 2.38. The third-order valence-electron chi connectivity index (χ3n) is 2.64. The molecule has 0 aliphatic carbocycles. The monoisotopic (exact) mass is 355 g/mol. The summed E-state index contributed by atoms with van der Waals surface area (Å²) in [7, 11) is 0. The van der Waals surface area contributed by atoms with Gasteiger partial charge >= 0.3 is 0 Å². The van der Waals surface area contributed by atoms with Gasteiger partial charge in [-0.05, 0) is 60.0 Å².